The van der Waals surface area contributed by atoms with Gasteiger partial charge in [-0.15, -0.1) is 0 Å². The number of pyridine rings is 1. The molecule has 0 saturated carbocycles. The monoisotopic (exact) mass is 334 g/mol. The number of carbonyl (C=O) groups is 3. The molecule has 1 rings (SSSR count). The molecule has 0 aliphatic rings. The van der Waals surface area contributed by atoms with Crippen LogP contribution in [0.25, 0.3) is 0 Å². The summed E-state index contributed by atoms with van der Waals surface area (Å²) in [5, 5.41) is 19.8. The molecule has 0 spiro atoms. The molecule has 0 aromatic carbocycles. The Kier molecular flexibility index (Phi) is 6.39. The first-order chi connectivity index (χ1) is 9.79. The molecule has 0 aliphatic carbocycles. The average Bonchev–Trinajstić information content (AvgIpc) is 2.35. The van der Waals surface area contributed by atoms with Gasteiger partial charge in [-0.2, -0.15) is 0 Å². The minimum atomic E-state index is -1.25. The van der Waals surface area contributed by atoms with Crippen molar-refractivity contribution in [1.82, 2.24) is 10.3 Å². The summed E-state index contributed by atoms with van der Waals surface area (Å²) in [6.07, 6.45) is -0.0447. The van der Waals surface area contributed by atoms with E-state index in [2.05, 4.69) is 10.3 Å². The Morgan fingerprint density at radius 1 is 1.19 bits per heavy atom. The second-order valence-corrected chi connectivity index (χ2v) is 4.93. The number of aliphatic carboxylic acids is 2. The van der Waals surface area contributed by atoms with Crippen LogP contribution < -0.4 is 5.32 Å². The molecule has 1 aromatic rings. The van der Waals surface area contributed by atoms with Gasteiger partial charge in [0.1, 0.15) is 16.3 Å². The van der Waals surface area contributed by atoms with Crippen LogP contribution in [0.5, 0.6) is 0 Å². The third-order valence-corrected chi connectivity index (χ3v) is 2.90. The summed E-state index contributed by atoms with van der Waals surface area (Å²) in [5.41, 5.74) is 0.0736. The molecule has 0 radical (unpaired) electrons. The van der Waals surface area contributed by atoms with Crippen LogP contribution >= 0.6 is 23.2 Å². The van der Waals surface area contributed by atoms with Crippen molar-refractivity contribution < 1.29 is 24.6 Å². The first-order valence-corrected chi connectivity index (χ1v) is 6.63. The summed E-state index contributed by atoms with van der Waals surface area (Å²) in [4.78, 5) is 37.0. The zero-order chi connectivity index (χ0) is 16.0. The van der Waals surface area contributed by atoms with E-state index in [1.165, 1.54) is 12.1 Å². The fourth-order valence-corrected chi connectivity index (χ4v) is 2.01. The van der Waals surface area contributed by atoms with E-state index in [9.17, 15) is 14.4 Å². The lowest BCUT2D eigenvalue weighted by molar-refractivity contribution is -0.140. The highest BCUT2D eigenvalue weighted by Crippen LogP contribution is 2.15. The first kappa shape index (κ1) is 17.2. The highest BCUT2D eigenvalue weighted by atomic mass is 35.5. The number of hydrogen-bond donors (Lipinski definition) is 3. The summed E-state index contributed by atoms with van der Waals surface area (Å²) in [5.74, 6) is -2.96. The quantitative estimate of drug-likeness (QED) is 0.655. The Balaban J connectivity index is 2.71. The SMILES string of the molecule is O=C(O)CCC[C@@H](NC(=O)c1cc(Cl)nc(Cl)c1)C(=O)O. The van der Waals surface area contributed by atoms with Crippen molar-refractivity contribution in [2.24, 2.45) is 0 Å². The number of amides is 1. The third kappa shape index (κ3) is 5.97. The molecule has 0 saturated heterocycles. The van der Waals surface area contributed by atoms with Gasteiger partial charge in [0, 0.05) is 12.0 Å². The summed E-state index contributed by atoms with van der Waals surface area (Å²) in [7, 11) is 0. The second kappa shape index (κ2) is 7.80. The molecule has 0 bridgehead atoms. The van der Waals surface area contributed by atoms with Crippen molar-refractivity contribution in [2.75, 3.05) is 0 Å². The molecule has 1 heterocycles. The molecule has 0 unspecified atom stereocenters. The van der Waals surface area contributed by atoms with E-state index in [0.717, 1.165) is 0 Å². The Morgan fingerprint density at radius 2 is 1.76 bits per heavy atom. The predicted octanol–water partition coefficient (Wildman–Crippen LogP) is 1.83. The predicted molar refractivity (Wildman–Crippen MR) is 74.6 cm³/mol. The van der Waals surface area contributed by atoms with E-state index in [-0.39, 0.29) is 35.1 Å². The number of nitrogens with zero attached hydrogens (tertiary/aromatic N) is 1. The van der Waals surface area contributed by atoms with Crippen LogP contribution in [0.3, 0.4) is 0 Å². The van der Waals surface area contributed by atoms with Gasteiger partial charge in [-0.05, 0) is 25.0 Å². The lowest BCUT2D eigenvalue weighted by Crippen LogP contribution is -2.40. The van der Waals surface area contributed by atoms with Gasteiger partial charge in [0.15, 0.2) is 0 Å². The van der Waals surface area contributed by atoms with E-state index in [1.54, 1.807) is 0 Å². The van der Waals surface area contributed by atoms with Crippen LogP contribution in [0.4, 0.5) is 0 Å². The number of aromatic nitrogens is 1. The van der Waals surface area contributed by atoms with Crippen LogP contribution in [-0.4, -0.2) is 39.1 Å². The maximum Gasteiger partial charge on any atom is 0.326 e. The van der Waals surface area contributed by atoms with Crippen LogP contribution in [0, 0.1) is 0 Å². The van der Waals surface area contributed by atoms with Crippen molar-refractivity contribution in [3.05, 3.63) is 28.0 Å². The van der Waals surface area contributed by atoms with E-state index in [4.69, 9.17) is 33.4 Å². The number of carboxylic acid groups (broad SMARTS) is 2. The van der Waals surface area contributed by atoms with Gasteiger partial charge >= 0.3 is 11.9 Å². The summed E-state index contributed by atoms with van der Waals surface area (Å²) < 4.78 is 0. The molecule has 7 nitrogen and oxygen atoms in total. The molecule has 21 heavy (non-hydrogen) atoms. The highest BCUT2D eigenvalue weighted by molar-refractivity contribution is 6.33. The number of carbonyl (C=O) groups excluding carboxylic acids is 1. The fourth-order valence-electron chi connectivity index (χ4n) is 1.55. The van der Waals surface area contributed by atoms with Crippen LogP contribution in [0.2, 0.25) is 10.3 Å². The lowest BCUT2D eigenvalue weighted by Gasteiger charge is -2.14. The molecule has 9 heteroatoms. The van der Waals surface area contributed by atoms with Crippen molar-refractivity contribution >= 4 is 41.0 Å². The van der Waals surface area contributed by atoms with Crippen molar-refractivity contribution in [2.45, 2.75) is 25.3 Å². The van der Waals surface area contributed by atoms with Crippen molar-refractivity contribution in [3.8, 4) is 0 Å². The largest absolute Gasteiger partial charge is 0.481 e. The Labute approximate surface area is 129 Å². The van der Waals surface area contributed by atoms with Gasteiger partial charge in [0.25, 0.3) is 5.91 Å². The number of hydrogen-bond acceptors (Lipinski definition) is 4. The molecular formula is C12H12Cl2N2O5. The molecule has 0 fully saturated rings. The minimum absolute atomic E-state index is 0.0000782. The Hall–Kier alpha value is -1.86. The standard InChI is InChI=1S/C12H12Cl2N2O5/c13-8-4-6(5-9(14)16-8)11(19)15-7(12(20)21)2-1-3-10(17)18/h4-5,7H,1-3H2,(H,15,19)(H,17,18)(H,20,21)/t7-/m1/s1. The maximum absolute atomic E-state index is 11.9. The number of nitrogens with one attached hydrogen (secondary N) is 1. The summed E-state index contributed by atoms with van der Waals surface area (Å²) in [6.45, 7) is 0. The second-order valence-electron chi connectivity index (χ2n) is 4.15. The fraction of sp³-hybridized carbons (Fsp3) is 0.333. The molecule has 3 N–H and O–H groups in total. The normalized spacial score (nSPS) is 11.7. The molecule has 114 valence electrons. The van der Waals surface area contributed by atoms with E-state index in [0.29, 0.717) is 0 Å². The smallest absolute Gasteiger partial charge is 0.326 e. The number of carboxylic acids is 2. The van der Waals surface area contributed by atoms with Gasteiger partial charge in [-0.3, -0.25) is 9.59 Å². The Morgan fingerprint density at radius 3 is 2.24 bits per heavy atom. The average molecular weight is 335 g/mol. The van der Waals surface area contributed by atoms with E-state index in [1.807, 2.05) is 0 Å². The van der Waals surface area contributed by atoms with Gasteiger partial charge in [0.2, 0.25) is 0 Å². The molecule has 0 aliphatic heterocycles. The highest BCUT2D eigenvalue weighted by Gasteiger charge is 2.21. The van der Waals surface area contributed by atoms with Gasteiger partial charge in [0.05, 0.1) is 0 Å². The number of rotatable bonds is 7. The topological polar surface area (TPSA) is 117 Å². The van der Waals surface area contributed by atoms with Crippen LogP contribution in [0.1, 0.15) is 29.6 Å². The van der Waals surface area contributed by atoms with Crippen LogP contribution in [0.15, 0.2) is 12.1 Å². The van der Waals surface area contributed by atoms with Gasteiger partial charge in [-0.1, -0.05) is 23.2 Å². The third-order valence-electron chi connectivity index (χ3n) is 2.51. The molecule has 1 aromatic heterocycles. The van der Waals surface area contributed by atoms with Gasteiger partial charge in [-0.25, -0.2) is 9.78 Å². The first-order valence-electron chi connectivity index (χ1n) is 5.88. The maximum atomic E-state index is 11.9. The Bertz CT molecular complexity index is 544. The molecule has 1 amide bonds. The minimum Gasteiger partial charge on any atom is -0.481 e. The van der Waals surface area contributed by atoms with Crippen molar-refractivity contribution in [3.63, 3.8) is 0 Å². The molecular weight excluding hydrogens is 323 g/mol. The summed E-state index contributed by atoms with van der Waals surface area (Å²) in [6, 6.07) is 1.31. The van der Waals surface area contributed by atoms with E-state index >= 15 is 0 Å². The van der Waals surface area contributed by atoms with Crippen molar-refractivity contribution in [1.29, 1.82) is 0 Å². The zero-order valence-corrected chi connectivity index (χ0v) is 12.2. The summed E-state index contributed by atoms with van der Waals surface area (Å²) >= 11 is 11.3. The van der Waals surface area contributed by atoms with E-state index < -0.39 is 23.9 Å². The van der Waals surface area contributed by atoms with Crippen LogP contribution in [-0.2, 0) is 9.59 Å². The van der Waals surface area contributed by atoms with Gasteiger partial charge < -0.3 is 15.5 Å². The molecule has 1 atom stereocenters. The lowest BCUT2D eigenvalue weighted by atomic mass is 10.1. The number of halogens is 2. The zero-order valence-electron chi connectivity index (χ0n) is 10.7.